The molecule has 122 valence electrons. The fourth-order valence-corrected chi connectivity index (χ4v) is 2.98. The number of hydrogen-bond donors (Lipinski definition) is 2. The number of urea groups is 1. The van der Waals surface area contributed by atoms with Gasteiger partial charge >= 0.3 is 6.03 Å². The first-order chi connectivity index (χ1) is 10.5. The van der Waals surface area contributed by atoms with Gasteiger partial charge in [0.2, 0.25) is 0 Å². The van der Waals surface area contributed by atoms with Gasteiger partial charge < -0.3 is 15.5 Å². The third kappa shape index (κ3) is 5.30. The summed E-state index contributed by atoms with van der Waals surface area (Å²) >= 11 is 0. The van der Waals surface area contributed by atoms with Crippen LogP contribution in [-0.2, 0) is 6.54 Å². The summed E-state index contributed by atoms with van der Waals surface area (Å²) in [6, 6.07) is 6.30. The first kappa shape index (κ1) is 16.7. The number of rotatable bonds is 5. The topological polar surface area (TPSA) is 44.4 Å². The highest BCUT2D eigenvalue weighted by Crippen LogP contribution is 2.15. The fourth-order valence-electron chi connectivity index (χ4n) is 2.98. The van der Waals surface area contributed by atoms with Crippen molar-refractivity contribution in [3.05, 3.63) is 35.6 Å². The van der Waals surface area contributed by atoms with Crippen LogP contribution in [0, 0.1) is 11.7 Å². The zero-order valence-corrected chi connectivity index (χ0v) is 13.4. The van der Waals surface area contributed by atoms with Crippen LogP contribution in [0.3, 0.4) is 0 Å². The van der Waals surface area contributed by atoms with Gasteiger partial charge in [-0.1, -0.05) is 25.1 Å². The normalized spacial score (nSPS) is 20.4. The van der Waals surface area contributed by atoms with E-state index < -0.39 is 0 Å². The fraction of sp³-hybridized carbons (Fsp3) is 0.588. The van der Waals surface area contributed by atoms with Gasteiger partial charge in [-0.15, -0.1) is 0 Å². The maximum Gasteiger partial charge on any atom is 0.315 e. The van der Waals surface area contributed by atoms with Crippen molar-refractivity contribution in [2.75, 3.05) is 19.6 Å². The number of carbonyl (C=O) groups is 1. The van der Waals surface area contributed by atoms with Gasteiger partial charge in [-0.2, -0.15) is 0 Å². The highest BCUT2D eigenvalue weighted by atomic mass is 19.1. The Bertz CT molecular complexity index is 495. The van der Waals surface area contributed by atoms with E-state index in [4.69, 9.17) is 0 Å². The van der Waals surface area contributed by atoms with Crippen molar-refractivity contribution >= 4 is 6.03 Å². The van der Waals surface area contributed by atoms with E-state index in [0.717, 1.165) is 25.6 Å². The Hall–Kier alpha value is -1.62. The molecule has 1 aromatic carbocycles. The smallest absolute Gasteiger partial charge is 0.315 e. The molecule has 0 bridgehead atoms. The first-order valence-electron chi connectivity index (χ1n) is 8.04. The number of nitrogens with one attached hydrogen (secondary N) is 2. The van der Waals surface area contributed by atoms with Crippen molar-refractivity contribution in [3.8, 4) is 0 Å². The van der Waals surface area contributed by atoms with Crippen molar-refractivity contribution in [2.24, 2.45) is 5.92 Å². The maximum absolute atomic E-state index is 13.5. The molecule has 1 aliphatic heterocycles. The van der Waals surface area contributed by atoms with Crippen molar-refractivity contribution < 1.29 is 9.18 Å². The molecule has 2 rings (SSSR count). The summed E-state index contributed by atoms with van der Waals surface area (Å²) in [4.78, 5) is 14.3. The quantitative estimate of drug-likeness (QED) is 0.878. The Labute approximate surface area is 132 Å². The van der Waals surface area contributed by atoms with Gasteiger partial charge in [-0.25, -0.2) is 9.18 Å². The summed E-state index contributed by atoms with van der Waals surface area (Å²) in [5, 5.41) is 5.63. The van der Waals surface area contributed by atoms with E-state index in [1.807, 2.05) is 6.92 Å². The molecule has 2 atom stereocenters. The predicted octanol–water partition coefficient (Wildman–Crippen LogP) is 2.75. The number of likely N-dealkylation sites (tertiary alicyclic amines) is 1. The molecule has 1 fully saturated rings. The van der Waals surface area contributed by atoms with E-state index in [0.29, 0.717) is 5.56 Å². The molecule has 0 spiro atoms. The Kier molecular flexibility index (Phi) is 6.19. The number of nitrogens with zero attached hydrogens (tertiary/aromatic N) is 1. The van der Waals surface area contributed by atoms with Crippen LogP contribution in [0.25, 0.3) is 0 Å². The van der Waals surface area contributed by atoms with Crippen LogP contribution in [0.5, 0.6) is 0 Å². The van der Waals surface area contributed by atoms with Crippen molar-refractivity contribution in [1.29, 1.82) is 0 Å². The van der Waals surface area contributed by atoms with E-state index in [1.54, 1.807) is 18.2 Å². The number of benzene rings is 1. The lowest BCUT2D eigenvalue weighted by Crippen LogP contribution is -2.47. The minimum absolute atomic E-state index is 0.0749. The standard InChI is InChI=1S/C17H26FN3O/c1-13-6-5-9-21(11-13)12-14(2)20-17(22)19-10-15-7-3-4-8-16(15)18/h3-4,7-8,13-14H,5-6,9-12H2,1-2H3,(H2,19,20,22)/t13-,14-/m0/s1. The van der Waals surface area contributed by atoms with Crippen LogP contribution in [0.15, 0.2) is 24.3 Å². The summed E-state index contributed by atoms with van der Waals surface area (Å²) in [6.07, 6.45) is 2.52. The third-order valence-electron chi connectivity index (χ3n) is 4.05. The highest BCUT2D eigenvalue weighted by Gasteiger charge is 2.18. The lowest BCUT2D eigenvalue weighted by atomic mass is 10.00. The maximum atomic E-state index is 13.5. The van der Waals surface area contributed by atoms with Gasteiger partial charge in [0.05, 0.1) is 0 Å². The van der Waals surface area contributed by atoms with Crippen LogP contribution in [-0.4, -0.2) is 36.6 Å². The molecule has 0 radical (unpaired) electrons. The molecule has 0 saturated carbocycles. The lowest BCUT2D eigenvalue weighted by Gasteiger charge is -2.32. The molecule has 1 aromatic rings. The molecule has 0 aliphatic carbocycles. The van der Waals surface area contributed by atoms with Gasteiger partial charge in [-0.05, 0) is 38.3 Å². The molecular formula is C17H26FN3O. The number of piperidine rings is 1. The summed E-state index contributed by atoms with van der Waals surface area (Å²) < 4.78 is 13.5. The van der Waals surface area contributed by atoms with E-state index in [2.05, 4.69) is 22.5 Å². The Balaban J connectivity index is 1.71. The van der Waals surface area contributed by atoms with E-state index in [9.17, 15) is 9.18 Å². The van der Waals surface area contributed by atoms with Crippen molar-refractivity contribution in [1.82, 2.24) is 15.5 Å². The number of amides is 2. The van der Waals surface area contributed by atoms with Crippen molar-refractivity contribution in [2.45, 2.75) is 39.3 Å². The first-order valence-corrected chi connectivity index (χ1v) is 8.04. The molecule has 0 unspecified atom stereocenters. The molecule has 1 saturated heterocycles. The second-order valence-electron chi connectivity index (χ2n) is 6.33. The number of halogens is 1. The molecule has 4 nitrogen and oxygen atoms in total. The summed E-state index contributed by atoms with van der Waals surface area (Å²) in [5.41, 5.74) is 0.496. The minimum atomic E-state index is -0.293. The van der Waals surface area contributed by atoms with Crippen molar-refractivity contribution in [3.63, 3.8) is 0 Å². The molecule has 1 aliphatic rings. The van der Waals surface area contributed by atoms with Gasteiger partial charge in [0, 0.05) is 31.2 Å². The minimum Gasteiger partial charge on any atom is -0.334 e. The Morgan fingerprint density at radius 2 is 2.23 bits per heavy atom. The summed E-state index contributed by atoms with van der Waals surface area (Å²) in [6.45, 7) is 7.53. The Morgan fingerprint density at radius 1 is 1.45 bits per heavy atom. The molecule has 22 heavy (non-hydrogen) atoms. The highest BCUT2D eigenvalue weighted by molar-refractivity contribution is 5.74. The molecule has 2 amide bonds. The van der Waals surface area contributed by atoms with Crippen LogP contribution in [0.2, 0.25) is 0 Å². The van der Waals surface area contributed by atoms with E-state index in [-0.39, 0.29) is 24.4 Å². The van der Waals surface area contributed by atoms with Gasteiger partial charge in [0.25, 0.3) is 0 Å². The average Bonchev–Trinajstić information content (AvgIpc) is 2.46. The predicted molar refractivity (Wildman–Crippen MR) is 86.1 cm³/mol. The van der Waals surface area contributed by atoms with Crippen LogP contribution in [0.1, 0.15) is 32.3 Å². The molecule has 1 heterocycles. The van der Waals surface area contributed by atoms with Crippen LogP contribution >= 0.6 is 0 Å². The van der Waals surface area contributed by atoms with E-state index >= 15 is 0 Å². The molecule has 2 N–H and O–H groups in total. The van der Waals surface area contributed by atoms with Gasteiger partial charge in [-0.3, -0.25) is 0 Å². The van der Waals surface area contributed by atoms with E-state index in [1.165, 1.54) is 18.9 Å². The third-order valence-corrected chi connectivity index (χ3v) is 4.05. The second-order valence-corrected chi connectivity index (χ2v) is 6.33. The molecule has 0 aromatic heterocycles. The molecular weight excluding hydrogens is 281 g/mol. The van der Waals surface area contributed by atoms with Gasteiger partial charge in [0.1, 0.15) is 5.82 Å². The van der Waals surface area contributed by atoms with Crippen LogP contribution < -0.4 is 10.6 Å². The zero-order valence-electron chi connectivity index (χ0n) is 13.4. The lowest BCUT2D eigenvalue weighted by molar-refractivity contribution is 0.169. The SMILES string of the molecule is C[C@H]1CCCN(C[C@H](C)NC(=O)NCc2ccccc2F)C1. The number of hydrogen-bond acceptors (Lipinski definition) is 2. The Morgan fingerprint density at radius 3 is 2.95 bits per heavy atom. The van der Waals surface area contributed by atoms with Crippen LogP contribution in [0.4, 0.5) is 9.18 Å². The summed E-state index contributed by atoms with van der Waals surface area (Å²) in [7, 11) is 0. The second kappa shape index (κ2) is 8.13. The number of carbonyl (C=O) groups excluding carboxylic acids is 1. The van der Waals surface area contributed by atoms with Gasteiger partial charge in [0.15, 0.2) is 0 Å². The average molecular weight is 307 g/mol. The monoisotopic (exact) mass is 307 g/mol. The molecule has 5 heteroatoms. The zero-order chi connectivity index (χ0) is 15.9. The largest absolute Gasteiger partial charge is 0.334 e. The summed E-state index contributed by atoms with van der Waals surface area (Å²) in [5.74, 6) is 0.439.